The third-order valence-corrected chi connectivity index (χ3v) is 7.08. The number of likely N-dealkylation sites (tertiary alicyclic amines) is 1. The Kier molecular flexibility index (Phi) is 5.17. The molecule has 0 spiro atoms. The predicted molar refractivity (Wildman–Crippen MR) is 121 cm³/mol. The van der Waals surface area contributed by atoms with Crippen molar-refractivity contribution in [1.29, 1.82) is 0 Å². The summed E-state index contributed by atoms with van der Waals surface area (Å²) in [5, 5.41) is 20.3. The lowest BCUT2D eigenvalue weighted by Gasteiger charge is -2.44. The highest BCUT2D eigenvalue weighted by Crippen LogP contribution is 2.40. The molecule has 2 aliphatic heterocycles. The van der Waals surface area contributed by atoms with Crippen molar-refractivity contribution in [3.63, 3.8) is 0 Å². The SMILES string of the molecule is O=C(O)Cn1cc([C@H](C(=O)O)N2C[C@H]3C[C@H](C2)c2cccc(=O)n2C3)c2ccc(Br)cc21. The molecule has 9 heteroatoms. The van der Waals surface area contributed by atoms with Crippen LogP contribution in [0.1, 0.15) is 29.6 Å². The van der Waals surface area contributed by atoms with E-state index in [0.29, 0.717) is 30.7 Å². The number of carboxylic acids is 2. The molecule has 8 nitrogen and oxygen atoms in total. The number of benzene rings is 1. The first-order valence-corrected chi connectivity index (χ1v) is 11.3. The third kappa shape index (κ3) is 3.55. The van der Waals surface area contributed by atoms with E-state index in [9.17, 15) is 24.6 Å². The Labute approximate surface area is 191 Å². The molecule has 0 unspecified atom stereocenters. The van der Waals surface area contributed by atoms with Crippen LogP contribution in [0, 0.1) is 5.92 Å². The number of pyridine rings is 1. The highest BCUT2D eigenvalue weighted by atomic mass is 79.9. The first kappa shape index (κ1) is 21.0. The fraction of sp³-hybridized carbons (Fsp3) is 0.348. The summed E-state index contributed by atoms with van der Waals surface area (Å²) in [6.45, 7) is 1.43. The van der Waals surface area contributed by atoms with E-state index in [1.165, 1.54) is 0 Å². The van der Waals surface area contributed by atoms with Gasteiger partial charge in [0.1, 0.15) is 12.6 Å². The Balaban J connectivity index is 1.57. The van der Waals surface area contributed by atoms with Crippen LogP contribution >= 0.6 is 15.9 Å². The average Bonchev–Trinajstić information content (AvgIpc) is 3.05. The van der Waals surface area contributed by atoms with Crippen molar-refractivity contribution in [2.45, 2.75) is 31.5 Å². The lowest BCUT2D eigenvalue weighted by atomic mass is 9.82. The highest BCUT2D eigenvalue weighted by molar-refractivity contribution is 9.10. The molecule has 1 aromatic carbocycles. The van der Waals surface area contributed by atoms with E-state index >= 15 is 0 Å². The van der Waals surface area contributed by atoms with Crippen LogP contribution in [-0.4, -0.2) is 49.3 Å². The van der Waals surface area contributed by atoms with Gasteiger partial charge in [-0.1, -0.05) is 28.1 Å². The Morgan fingerprint density at radius 3 is 2.69 bits per heavy atom. The van der Waals surface area contributed by atoms with Crippen LogP contribution in [0.5, 0.6) is 0 Å². The van der Waals surface area contributed by atoms with Gasteiger partial charge >= 0.3 is 11.9 Å². The second kappa shape index (κ2) is 7.90. The van der Waals surface area contributed by atoms with Crippen LogP contribution in [0.3, 0.4) is 0 Å². The van der Waals surface area contributed by atoms with Crippen LogP contribution in [-0.2, 0) is 22.7 Å². The van der Waals surface area contributed by atoms with Gasteiger partial charge in [0.05, 0.1) is 5.52 Å². The molecule has 32 heavy (non-hydrogen) atoms. The van der Waals surface area contributed by atoms with Crippen molar-refractivity contribution < 1.29 is 19.8 Å². The van der Waals surface area contributed by atoms with Gasteiger partial charge in [-0.05, 0) is 30.5 Å². The number of hydrogen-bond acceptors (Lipinski definition) is 4. The Morgan fingerprint density at radius 1 is 1.12 bits per heavy atom. The lowest BCUT2D eigenvalue weighted by Crippen LogP contribution is -2.49. The fourth-order valence-electron chi connectivity index (χ4n) is 5.42. The van der Waals surface area contributed by atoms with Crippen molar-refractivity contribution >= 4 is 38.8 Å². The summed E-state index contributed by atoms with van der Waals surface area (Å²) in [6, 6.07) is 9.87. The van der Waals surface area contributed by atoms with E-state index in [-0.39, 0.29) is 23.9 Å². The number of fused-ring (bicyclic) bond motifs is 5. The predicted octanol–water partition coefficient (Wildman–Crippen LogP) is 2.90. The van der Waals surface area contributed by atoms with Gasteiger partial charge in [0, 0.05) is 58.9 Å². The van der Waals surface area contributed by atoms with Gasteiger partial charge in [-0.15, -0.1) is 0 Å². The zero-order valence-corrected chi connectivity index (χ0v) is 18.7. The second-order valence-electron chi connectivity index (χ2n) is 8.66. The molecule has 0 saturated carbocycles. The van der Waals surface area contributed by atoms with Crippen LogP contribution in [0.25, 0.3) is 10.9 Å². The molecule has 0 aliphatic carbocycles. The number of aromatic nitrogens is 2. The van der Waals surface area contributed by atoms with E-state index in [0.717, 1.165) is 22.0 Å². The highest BCUT2D eigenvalue weighted by Gasteiger charge is 2.40. The molecular weight excluding hydrogens is 478 g/mol. The molecule has 1 fully saturated rings. The lowest BCUT2D eigenvalue weighted by molar-refractivity contribution is -0.144. The minimum atomic E-state index is -0.991. The van der Waals surface area contributed by atoms with E-state index in [1.807, 2.05) is 33.7 Å². The van der Waals surface area contributed by atoms with Crippen molar-refractivity contribution in [3.8, 4) is 0 Å². The number of halogens is 1. The van der Waals surface area contributed by atoms with E-state index in [2.05, 4.69) is 15.9 Å². The van der Waals surface area contributed by atoms with E-state index < -0.39 is 18.0 Å². The summed E-state index contributed by atoms with van der Waals surface area (Å²) in [4.78, 5) is 38.2. The molecule has 2 aromatic heterocycles. The summed E-state index contributed by atoms with van der Waals surface area (Å²) in [7, 11) is 0. The summed E-state index contributed by atoms with van der Waals surface area (Å²) < 4.78 is 4.21. The number of piperidine rings is 1. The molecule has 2 N–H and O–H groups in total. The summed E-state index contributed by atoms with van der Waals surface area (Å²) in [5.74, 6) is -1.69. The Morgan fingerprint density at radius 2 is 1.94 bits per heavy atom. The number of aliphatic carboxylic acids is 2. The molecule has 3 atom stereocenters. The Bertz CT molecular complexity index is 1300. The van der Waals surface area contributed by atoms with Crippen LogP contribution in [0.4, 0.5) is 0 Å². The molecular formula is C23H22BrN3O5. The number of hydrogen-bond donors (Lipinski definition) is 2. The molecule has 3 aromatic rings. The minimum Gasteiger partial charge on any atom is -0.480 e. The molecule has 5 rings (SSSR count). The number of rotatable bonds is 5. The standard InChI is InChI=1S/C23H22BrN3O5/c24-15-4-5-16-17(11-25(12-21(29)30)19(16)7-15)22(23(31)32)26-8-13-6-14(10-26)18-2-1-3-20(28)27(18)9-13/h1-5,7,11,13-14,22H,6,8-10,12H2,(H,29,30)(H,31,32)/t13-,14-,22-/m1/s1. The van der Waals surface area contributed by atoms with Crippen molar-refractivity contribution in [2.75, 3.05) is 13.1 Å². The first-order chi connectivity index (χ1) is 15.3. The minimum absolute atomic E-state index is 0.0113. The molecule has 1 saturated heterocycles. The van der Waals surface area contributed by atoms with Gasteiger partial charge in [-0.25, -0.2) is 0 Å². The largest absolute Gasteiger partial charge is 0.480 e. The Hall–Kier alpha value is -2.91. The van der Waals surface area contributed by atoms with Crippen molar-refractivity contribution in [1.82, 2.24) is 14.0 Å². The first-order valence-electron chi connectivity index (χ1n) is 10.5. The van der Waals surface area contributed by atoms with Gasteiger partial charge in [-0.2, -0.15) is 0 Å². The number of carbonyl (C=O) groups is 2. The van der Waals surface area contributed by atoms with Gasteiger partial charge in [0.25, 0.3) is 5.56 Å². The molecule has 2 aliphatic rings. The van der Waals surface area contributed by atoms with Gasteiger partial charge in [0.2, 0.25) is 0 Å². The summed E-state index contributed by atoms with van der Waals surface area (Å²) in [6.07, 6.45) is 2.59. The molecule has 166 valence electrons. The zero-order valence-electron chi connectivity index (χ0n) is 17.1. The monoisotopic (exact) mass is 499 g/mol. The maximum absolute atomic E-state index is 12.5. The number of carboxylic acid groups (broad SMARTS) is 2. The molecule has 2 bridgehead atoms. The quantitative estimate of drug-likeness (QED) is 0.559. The van der Waals surface area contributed by atoms with Crippen molar-refractivity contribution in [3.05, 3.63) is 68.7 Å². The zero-order chi connectivity index (χ0) is 22.6. The third-order valence-electron chi connectivity index (χ3n) is 6.58. The molecule has 4 heterocycles. The van der Waals surface area contributed by atoms with E-state index in [1.54, 1.807) is 22.9 Å². The van der Waals surface area contributed by atoms with Gasteiger partial charge in [-0.3, -0.25) is 19.3 Å². The maximum Gasteiger partial charge on any atom is 0.325 e. The second-order valence-corrected chi connectivity index (χ2v) is 9.58. The molecule has 0 radical (unpaired) electrons. The van der Waals surface area contributed by atoms with Crippen LogP contribution < -0.4 is 5.56 Å². The van der Waals surface area contributed by atoms with Crippen LogP contribution in [0.15, 0.2) is 51.9 Å². The van der Waals surface area contributed by atoms with Gasteiger partial charge in [0.15, 0.2) is 0 Å². The van der Waals surface area contributed by atoms with Gasteiger partial charge < -0.3 is 19.3 Å². The average molecular weight is 500 g/mol. The topological polar surface area (TPSA) is 105 Å². The normalized spacial score (nSPS) is 21.3. The summed E-state index contributed by atoms with van der Waals surface area (Å²) in [5.41, 5.74) is 2.21. The fourth-order valence-corrected chi connectivity index (χ4v) is 5.77. The van der Waals surface area contributed by atoms with Crippen LogP contribution in [0.2, 0.25) is 0 Å². The number of nitrogens with zero attached hydrogens (tertiary/aromatic N) is 3. The summed E-state index contributed by atoms with van der Waals surface area (Å²) >= 11 is 3.42. The van der Waals surface area contributed by atoms with E-state index in [4.69, 9.17) is 0 Å². The smallest absolute Gasteiger partial charge is 0.325 e. The maximum atomic E-state index is 12.5. The molecule has 0 amide bonds. The van der Waals surface area contributed by atoms with Crippen molar-refractivity contribution in [2.24, 2.45) is 5.92 Å².